The van der Waals surface area contributed by atoms with E-state index < -0.39 is 11.8 Å². The zero-order chi connectivity index (χ0) is 11.0. The summed E-state index contributed by atoms with van der Waals surface area (Å²) in [4.78, 5) is 22.3. The van der Waals surface area contributed by atoms with Gasteiger partial charge in [-0.2, -0.15) is 0 Å². The Kier molecular flexibility index (Phi) is 2.63. The highest BCUT2D eigenvalue weighted by atomic mass is 79.9. The molecular formula is C10H5BrClNO2. The summed E-state index contributed by atoms with van der Waals surface area (Å²) in [5.41, 5.74) is 0.862. The van der Waals surface area contributed by atoms with Gasteiger partial charge in [0.15, 0.2) is 0 Å². The molecule has 0 fully saturated rings. The van der Waals surface area contributed by atoms with Crippen LogP contribution in [-0.4, -0.2) is 11.8 Å². The second-order valence-electron chi connectivity index (χ2n) is 3.00. The van der Waals surface area contributed by atoms with E-state index in [9.17, 15) is 9.59 Å². The fourth-order valence-electron chi connectivity index (χ4n) is 1.32. The average molecular weight is 287 g/mol. The van der Waals surface area contributed by atoms with E-state index in [0.29, 0.717) is 16.2 Å². The molecule has 0 bridgehead atoms. The molecule has 0 aliphatic carbocycles. The minimum atomic E-state index is -0.413. The summed E-state index contributed by atoms with van der Waals surface area (Å²) in [5.74, 6) is -0.821. The van der Waals surface area contributed by atoms with E-state index in [1.165, 1.54) is 6.08 Å². The SMILES string of the molecule is O=C1C=C(c2ccc(Br)cc2Cl)C(=O)N1. The van der Waals surface area contributed by atoms with Gasteiger partial charge in [-0.1, -0.05) is 33.6 Å². The number of hydrogen-bond acceptors (Lipinski definition) is 2. The lowest BCUT2D eigenvalue weighted by Gasteiger charge is -2.03. The van der Waals surface area contributed by atoms with Gasteiger partial charge in [-0.15, -0.1) is 0 Å². The summed E-state index contributed by atoms with van der Waals surface area (Å²) < 4.78 is 0.821. The lowest BCUT2D eigenvalue weighted by molar-refractivity contribution is -0.123. The molecule has 15 heavy (non-hydrogen) atoms. The Morgan fingerprint density at radius 3 is 2.53 bits per heavy atom. The third-order valence-electron chi connectivity index (χ3n) is 1.98. The first-order valence-corrected chi connectivity index (χ1v) is 5.27. The van der Waals surface area contributed by atoms with Gasteiger partial charge in [-0.3, -0.25) is 14.9 Å². The fourth-order valence-corrected chi connectivity index (χ4v) is 2.10. The number of carbonyl (C=O) groups is 2. The van der Waals surface area contributed by atoms with Crippen molar-refractivity contribution >= 4 is 44.9 Å². The third-order valence-corrected chi connectivity index (χ3v) is 2.78. The normalized spacial score (nSPS) is 15.2. The predicted molar refractivity (Wildman–Crippen MR) is 60.3 cm³/mol. The van der Waals surface area contributed by atoms with Crippen molar-refractivity contribution in [2.75, 3.05) is 0 Å². The molecule has 2 amide bonds. The number of benzene rings is 1. The lowest BCUT2D eigenvalue weighted by atomic mass is 10.1. The van der Waals surface area contributed by atoms with Crippen LogP contribution in [0.15, 0.2) is 28.7 Å². The van der Waals surface area contributed by atoms with Crippen LogP contribution >= 0.6 is 27.5 Å². The maximum absolute atomic E-state index is 11.4. The Bertz CT molecular complexity index is 496. The topological polar surface area (TPSA) is 46.2 Å². The van der Waals surface area contributed by atoms with Gasteiger partial charge in [0, 0.05) is 21.1 Å². The monoisotopic (exact) mass is 285 g/mol. The van der Waals surface area contributed by atoms with Crippen molar-refractivity contribution < 1.29 is 9.59 Å². The van der Waals surface area contributed by atoms with Crippen LogP contribution in [-0.2, 0) is 9.59 Å². The summed E-state index contributed by atoms with van der Waals surface area (Å²) in [6, 6.07) is 5.13. The fraction of sp³-hybridized carbons (Fsp3) is 0. The molecule has 3 nitrogen and oxygen atoms in total. The van der Waals surface area contributed by atoms with Gasteiger partial charge >= 0.3 is 0 Å². The van der Waals surface area contributed by atoms with Gasteiger partial charge in [0.2, 0.25) is 0 Å². The molecule has 76 valence electrons. The highest BCUT2D eigenvalue weighted by Gasteiger charge is 2.23. The number of carbonyl (C=O) groups excluding carboxylic acids is 2. The summed E-state index contributed by atoms with van der Waals surface area (Å²) in [6.07, 6.45) is 1.25. The predicted octanol–water partition coefficient (Wildman–Crippen LogP) is 2.14. The minimum Gasteiger partial charge on any atom is -0.289 e. The minimum absolute atomic E-state index is 0.303. The molecule has 0 saturated heterocycles. The quantitative estimate of drug-likeness (QED) is 0.804. The zero-order valence-electron chi connectivity index (χ0n) is 7.38. The standard InChI is InChI=1S/C10H5BrClNO2/c11-5-1-2-6(8(12)3-5)7-4-9(14)13-10(7)15/h1-4H,(H,13,14,15). The molecule has 5 heteroatoms. The molecule has 0 unspecified atom stereocenters. The van der Waals surface area contributed by atoms with Gasteiger partial charge < -0.3 is 0 Å². The van der Waals surface area contributed by atoms with Crippen molar-refractivity contribution in [2.24, 2.45) is 0 Å². The summed E-state index contributed by atoms with van der Waals surface area (Å²) in [7, 11) is 0. The van der Waals surface area contributed by atoms with Crippen molar-refractivity contribution in [3.05, 3.63) is 39.3 Å². The van der Waals surface area contributed by atoms with Crippen LogP contribution < -0.4 is 5.32 Å². The van der Waals surface area contributed by atoms with Crippen LogP contribution in [0, 0.1) is 0 Å². The van der Waals surface area contributed by atoms with Crippen molar-refractivity contribution in [2.45, 2.75) is 0 Å². The van der Waals surface area contributed by atoms with Gasteiger partial charge in [0.25, 0.3) is 11.8 Å². The lowest BCUT2D eigenvalue weighted by Crippen LogP contribution is -2.21. The van der Waals surface area contributed by atoms with Gasteiger partial charge in [-0.05, 0) is 12.1 Å². The molecule has 0 saturated carbocycles. The third kappa shape index (κ3) is 1.96. The van der Waals surface area contributed by atoms with Crippen molar-refractivity contribution in [3.8, 4) is 0 Å². The Balaban J connectivity index is 2.51. The Hall–Kier alpha value is -1.13. The van der Waals surface area contributed by atoms with E-state index in [2.05, 4.69) is 21.2 Å². The number of rotatable bonds is 1. The Labute approximate surface area is 99.2 Å². The molecule has 1 aromatic rings. The zero-order valence-corrected chi connectivity index (χ0v) is 9.72. The molecule has 2 rings (SSSR count). The number of halogens is 2. The first kappa shape index (κ1) is 10.4. The van der Waals surface area contributed by atoms with Gasteiger partial charge in [-0.25, -0.2) is 0 Å². The average Bonchev–Trinajstić information content (AvgIpc) is 2.45. The number of nitrogens with one attached hydrogen (secondary N) is 1. The maximum Gasteiger partial charge on any atom is 0.258 e. The van der Waals surface area contributed by atoms with Crippen LogP contribution in [0.4, 0.5) is 0 Å². The molecule has 1 aliphatic rings. The van der Waals surface area contributed by atoms with Crippen LogP contribution in [0.25, 0.3) is 5.57 Å². The summed E-state index contributed by atoms with van der Waals surface area (Å²) in [5, 5.41) is 2.60. The molecule has 0 aromatic heterocycles. The van der Waals surface area contributed by atoms with E-state index in [-0.39, 0.29) is 0 Å². The molecule has 1 aliphatic heterocycles. The number of imide groups is 1. The number of amides is 2. The van der Waals surface area contributed by atoms with Crippen LogP contribution in [0.3, 0.4) is 0 Å². The smallest absolute Gasteiger partial charge is 0.258 e. The first-order valence-electron chi connectivity index (χ1n) is 4.10. The van der Waals surface area contributed by atoms with E-state index in [1.807, 2.05) is 0 Å². The van der Waals surface area contributed by atoms with Crippen LogP contribution in [0.1, 0.15) is 5.56 Å². The summed E-state index contributed by atoms with van der Waals surface area (Å²) >= 11 is 9.22. The van der Waals surface area contributed by atoms with Crippen LogP contribution in [0.5, 0.6) is 0 Å². The molecular weight excluding hydrogens is 281 g/mol. The molecule has 1 heterocycles. The second kappa shape index (κ2) is 3.79. The second-order valence-corrected chi connectivity index (χ2v) is 4.32. The summed E-state index contributed by atoms with van der Waals surface area (Å²) in [6.45, 7) is 0. The highest BCUT2D eigenvalue weighted by Crippen LogP contribution is 2.28. The van der Waals surface area contributed by atoms with Crippen molar-refractivity contribution in [1.29, 1.82) is 0 Å². The molecule has 0 atom stereocenters. The van der Waals surface area contributed by atoms with Crippen LogP contribution in [0.2, 0.25) is 5.02 Å². The Morgan fingerprint density at radius 2 is 2.00 bits per heavy atom. The Morgan fingerprint density at radius 1 is 1.27 bits per heavy atom. The van der Waals surface area contributed by atoms with Crippen molar-refractivity contribution in [3.63, 3.8) is 0 Å². The van der Waals surface area contributed by atoms with Gasteiger partial charge in [0.1, 0.15) is 0 Å². The molecule has 1 N–H and O–H groups in total. The largest absolute Gasteiger partial charge is 0.289 e. The molecule has 1 aromatic carbocycles. The van der Waals surface area contributed by atoms with E-state index in [0.717, 1.165) is 4.47 Å². The molecule has 0 radical (unpaired) electrons. The maximum atomic E-state index is 11.4. The number of hydrogen-bond donors (Lipinski definition) is 1. The molecule has 0 spiro atoms. The highest BCUT2D eigenvalue weighted by molar-refractivity contribution is 9.10. The van der Waals surface area contributed by atoms with Gasteiger partial charge in [0.05, 0.1) is 5.57 Å². The van der Waals surface area contributed by atoms with E-state index >= 15 is 0 Å². The first-order chi connectivity index (χ1) is 7.08. The van der Waals surface area contributed by atoms with Crippen molar-refractivity contribution in [1.82, 2.24) is 5.32 Å². The van der Waals surface area contributed by atoms with E-state index in [4.69, 9.17) is 11.6 Å². The van der Waals surface area contributed by atoms with E-state index in [1.54, 1.807) is 18.2 Å².